The second-order valence-electron chi connectivity index (χ2n) is 6.75. The summed E-state index contributed by atoms with van der Waals surface area (Å²) in [6.07, 6.45) is 0.990. The molecule has 1 rings (SSSR count). The predicted octanol–water partition coefficient (Wildman–Crippen LogP) is 1.01. The Morgan fingerprint density at radius 1 is 1.16 bits per heavy atom. The molecule has 114 valence electrons. The zero-order valence-corrected chi connectivity index (χ0v) is 13.4. The number of nitrogens with zero attached hydrogens (tertiary/aromatic N) is 2. The van der Waals surface area contributed by atoms with Crippen molar-refractivity contribution in [2.45, 2.75) is 45.7 Å². The standard InChI is InChI=1S/C15H33N3O/c1-13(2)11-17-6-8-18(9-7-17)14(3)10-15(4,12-19)16-5/h13-14,16,19H,6-12H2,1-5H3. The average Bonchev–Trinajstić information content (AvgIpc) is 2.38. The molecule has 19 heavy (non-hydrogen) atoms. The summed E-state index contributed by atoms with van der Waals surface area (Å²) in [6.45, 7) is 15.0. The van der Waals surface area contributed by atoms with Gasteiger partial charge in [0, 0.05) is 44.3 Å². The Balaban J connectivity index is 2.38. The second-order valence-corrected chi connectivity index (χ2v) is 6.75. The molecule has 1 saturated heterocycles. The monoisotopic (exact) mass is 271 g/mol. The van der Waals surface area contributed by atoms with E-state index in [4.69, 9.17) is 0 Å². The molecule has 0 saturated carbocycles. The number of piperazine rings is 1. The summed E-state index contributed by atoms with van der Waals surface area (Å²) in [7, 11) is 1.93. The first kappa shape index (κ1) is 16.9. The van der Waals surface area contributed by atoms with E-state index in [-0.39, 0.29) is 12.1 Å². The summed E-state index contributed by atoms with van der Waals surface area (Å²) in [5.74, 6) is 0.756. The Kier molecular flexibility index (Phi) is 6.74. The highest BCUT2D eigenvalue weighted by atomic mass is 16.3. The van der Waals surface area contributed by atoms with Crippen LogP contribution in [0.5, 0.6) is 0 Å². The van der Waals surface area contributed by atoms with E-state index in [1.54, 1.807) is 0 Å². The highest BCUT2D eigenvalue weighted by Gasteiger charge is 2.28. The maximum absolute atomic E-state index is 9.48. The molecule has 0 amide bonds. The van der Waals surface area contributed by atoms with Crippen LogP contribution in [0.2, 0.25) is 0 Å². The molecule has 0 spiro atoms. The van der Waals surface area contributed by atoms with E-state index < -0.39 is 0 Å². The Hall–Kier alpha value is -0.160. The van der Waals surface area contributed by atoms with Crippen molar-refractivity contribution in [3.05, 3.63) is 0 Å². The minimum absolute atomic E-state index is 0.158. The molecule has 1 aliphatic heterocycles. The smallest absolute Gasteiger partial charge is 0.0611 e. The highest BCUT2D eigenvalue weighted by molar-refractivity contribution is 4.87. The second kappa shape index (κ2) is 7.58. The number of hydrogen-bond donors (Lipinski definition) is 2. The first-order valence-electron chi connectivity index (χ1n) is 7.66. The number of rotatable bonds is 7. The fourth-order valence-corrected chi connectivity index (χ4v) is 2.93. The van der Waals surface area contributed by atoms with E-state index in [2.05, 4.69) is 42.8 Å². The lowest BCUT2D eigenvalue weighted by atomic mass is 9.93. The third kappa shape index (κ3) is 5.38. The molecular formula is C15H33N3O. The molecule has 2 unspecified atom stereocenters. The summed E-state index contributed by atoms with van der Waals surface area (Å²) in [4.78, 5) is 5.12. The molecule has 1 fully saturated rings. The van der Waals surface area contributed by atoms with Gasteiger partial charge in [0.05, 0.1) is 6.61 Å². The molecule has 0 bridgehead atoms. The Labute approximate surface area is 119 Å². The number of likely N-dealkylation sites (N-methyl/N-ethyl adjacent to an activating group) is 1. The van der Waals surface area contributed by atoms with E-state index in [1.807, 2.05) is 7.05 Å². The van der Waals surface area contributed by atoms with Crippen LogP contribution in [0.25, 0.3) is 0 Å². The van der Waals surface area contributed by atoms with Crippen molar-refractivity contribution in [2.24, 2.45) is 5.92 Å². The number of aliphatic hydroxyl groups is 1. The lowest BCUT2D eigenvalue weighted by molar-refractivity contribution is 0.0692. The molecule has 4 heteroatoms. The van der Waals surface area contributed by atoms with Crippen molar-refractivity contribution < 1.29 is 5.11 Å². The maximum atomic E-state index is 9.48. The molecule has 2 atom stereocenters. The van der Waals surface area contributed by atoms with Crippen LogP contribution in [0.1, 0.15) is 34.1 Å². The van der Waals surface area contributed by atoms with Crippen LogP contribution in [0.4, 0.5) is 0 Å². The van der Waals surface area contributed by atoms with Crippen molar-refractivity contribution in [1.29, 1.82) is 0 Å². The lowest BCUT2D eigenvalue weighted by Crippen LogP contribution is -2.54. The molecule has 0 aromatic heterocycles. The summed E-state index contributed by atoms with van der Waals surface area (Å²) in [5, 5.41) is 12.7. The third-order valence-corrected chi connectivity index (χ3v) is 4.35. The van der Waals surface area contributed by atoms with Gasteiger partial charge in [0.2, 0.25) is 0 Å². The molecule has 4 nitrogen and oxygen atoms in total. The van der Waals surface area contributed by atoms with Gasteiger partial charge in [-0.05, 0) is 33.2 Å². The van der Waals surface area contributed by atoms with Gasteiger partial charge in [0.25, 0.3) is 0 Å². The van der Waals surface area contributed by atoms with Gasteiger partial charge >= 0.3 is 0 Å². The van der Waals surface area contributed by atoms with Gasteiger partial charge in [0.15, 0.2) is 0 Å². The number of hydrogen-bond acceptors (Lipinski definition) is 4. The van der Waals surface area contributed by atoms with Crippen molar-refractivity contribution in [1.82, 2.24) is 15.1 Å². The Morgan fingerprint density at radius 3 is 2.16 bits per heavy atom. The zero-order valence-electron chi connectivity index (χ0n) is 13.4. The molecule has 0 aromatic rings. The van der Waals surface area contributed by atoms with Crippen molar-refractivity contribution in [3.8, 4) is 0 Å². The van der Waals surface area contributed by atoms with Crippen LogP contribution in [0, 0.1) is 5.92 Å². The summed E-state index contributed by atoms with van der Waals surface area (Å²) in [6, 6.07) is 0.519. The number of aliphatic hydroxyl groups excluding tert-OH is 1. The minimum atomic E-state index is -0.158. The van der Waals surface area contributed by atoms with E-state index in [1.165, 1.54) is 19.6 Å². The topological polar surface area (TPSA) is 38.7 Å². The van der Waals surface area contributed by atoms with Crippen molar-refractivity contribution in [2.75, 3.05) is 46.4 Å². The van der Waals surface area contributed by atoms with Crippen LogP contribution in [0.15, 0.2) is 0 Å². The minimum Gasteiger partial charge on any atom is -0.394 e. The molecular weight excluding hydrogens is 238 g/mol. The maximum Gasteiger partial charge on any atom is 0.0611 e. The van der Waals surface area contributed by atoms with Gasteiger partial charge in [-0.1, -0.05) is 13.8 Å². The van der Waals surface area contributed by atoms with Gasteiger partial charge in [-0.3, -0.25) is 4.90 Å². The van der Waals surface area contributed by atoms with Gasteiger partial charge in [-0.15, -0.1) is 0 Å². The lowest BCUT2D eigenvalue weighted by Gasteiger charge is -2.41. The van der Waals surface area contributed by atoms with Gasteiger partial charge in [0.1, 0.15) is 0 Å². The predicted molar refractivity (Wildman–Crippen MR) is 81.5 cm³/mol. The Morgan fingerprint density at radius 2 is 1.74 bits per heavy atom. The van der Waals surface area contributed by atoms with E-state index in [0.29, 0.717) is 6.04 Å². The van der Waals surface area contributed by atoms with Crippen LogP contribution >= 0.6 is 0 Å². The molecule has 1 aliphatic rings. The van der Waals surface area contributed by atoms with E-state index in [9.17, 15) is 5.11 Å². The zero-order chi connectivity index (χ0) is 14.5. The Bertz CT molecular complexity index is 246. The van der Waals surface area contributed by atoms with Gasteiger partial charge in [-0.2, -0.15) is 0 Å². The van der Waals surface area contributed by atoms with Crippen molar-refractivity contribution >= 4 is 0 Å². The average molecular weight is 271 g/mol. The van der Waals surface area contributed by atoms with E-state index in [0.717, 1.165) is 25.4 Å². The first-order valence-corrected chi connectivity index (χ1v) is 7.66. The van der Waals surface area contributed by atoms with Crippen LogP contribution in [-0.2, 0) is 0 Å². The molecule has 1 heterocycles. The van der Waals surface area contributed by atoms with Crippen LogP contribution < -0.4 is 5.32 Å². The summed E-state index contributed by atoms with van der Waals surface area (Å²) < 4.78 is 0. The number of nitrogens with one attached hydrogen (secondary N) is 1. The van der Waals surface area contributed by atoms with Crippen LogP contribution in [-0.4, -0.2) is 72.9 Å². The summed E-state index contributed by atoms with van der Waals surface area (Å²) in [5.41, 5.74) is -0.158. The quantitative estimate of drug-likeness (QED) is 0.725. The third-order valence-electron chi connectivity index (χ3n) is 4.35. The molecule has 0 aromatic carbocycles. The van der Waals surface area contributed by atoms with Crippen molar-refractivity contribution in [3.63, 3.8) is 0 Å². The van der Waals surface area contributed by atoms with E-state index >= 15 is 0 Å². The highest BCUT2D eigenvalue weighted by Crippen LogP contribution is 2.17. The molecule has 0 aliphatic carbocycles. The SMILES string of the molecule is CNC(C)(CO)CC(C)N1CCN(CC(C)C)CC1. The molecule has 0 radical (unpaired) electrons. The first-order chi connectivity index (χ1) is 8.90. The normalized spacial score (nSPS) is 23.5. The fraction of sp³-hybridized carbons (Fsp3) is 1.00. The summed E-state index contributed by atoms with van der Waals surface area (Å²) >= 11 is 0. The van der Waals surface area contributed by atoms with Gasteiger partial charge < -0.3 is 15.3 Å². The molecule has 2 N–H and O–H groups in total. The fourth-order valence-electron chi connectivity index (χ4n) is 2.93. The van der Waals surface area contributed by atoms with Gasteiger partial charge in [-0.25, -0.2) is 0 Å². The largest absolute Gasteiger partial charge is 0.394 e. The van der Waals surface area contributed by atoms with Crippen LogP contribution in [0.3, 0.4) is 0 Å².